The van der Waals surface area contributed by atoms with Crippen molar-refractivity contribution in [2.75, 3.05) is 19.8 Å². The normalized spacial score (nSPS) is 14.9. The van der Waals surface area contributed by atoms with Crippen LogP contribution in [-0.2, 0) is 11.3 Å². The molecular formula is C20H25N3O3. The number of rotatable bonds is 8. The lowest BCUT2D eigenvalue weighted by Gasteiger charge is -2.21. The number of ether oxygens (including phenoxy) is 2. The molecule has 1 fully saturated rings. The average molecular weight is 355 g/mol. The Labute approximate surface area is 153 Å². The van der Waals surface area contributed by atoms with E-state index >= 15 is 0 Å². The van der Waals surface area contributed by atoms with E-state index in [0.717, 1.165) is 32.2 Å². The van der Waals surface area contributed by atoms with Crippen molar-refractivity contribution in [3.63, 3.8) is 0 Å². The first kappa shape index (κ1) is 18.4. The molecule has 6 nitrogen and oxygen atoms in total. The Morgan fingerprint density at radius 1 is 1.19 bits per heavy atom. The van der Waals surface area contributed by atoms with Crippen LogP contribution in [0.1, 0.15) is 35.2 Å². The summed E-state index contributed by atoms with van der Waals surface area (Å²) in [6, 6.07) is 11.1. The van der Waals surface area contributed by atoms with Crippen molar-refractivity contribution in [3.8, 4) is 11.6 Å². The van der Waals surface area contributed by atoms with Gasteiger partial charge in [0.15, 0.2) is 0 Å². The minimum atomic E-state index is -0.502. The molecule has 1 aliphatic rings. The first-order chi connectivity index (χ1) is 12.7. The summed E-state index contributed by atoms with van der Waals surface area (Å²) in [7, 11) is 0. The fourth-order valence-electron chi connectivity index (χ4n) is 2.96. The van der Waals surface area contributed by atoms with Crippen molar-refractivity contribution in [3.05, 3.63) is 53.7 Å². The predicted molar refractivity (Wildman–Crippen MR) is 99.1 cm³/mol. The lowest BCUT2D eigenvalue weighted by atomic mass is 9.97. The van der Waals surface area contributed by atoms with Crippen LogP contribution in [0.15, 0.2) is 42.6 Å². The number of primary amides is 1. The van der Waals surface area contributed by atoms with Crippen LogP contribution in [0.2, 0.25) is 0 Å². The van der Waals surface area contributed by atoms with Gasteiger partial charge in [-0.1, -0.05) is 12.1 Å². The third kappa shape index (κ3) is 5.54. The number of hydrogen-bond acceptors (Lipinski definition) is 5. The first-order valence-corrected chi connectivity index (χ1v) is 9.02. The number of pyridine rings is 1. The number of carbonyl (C=O) groups is 1. The summed E-state index contributed by atoms with van der Waals surface area (Å²) >= 11 is 0. The maximum absolute atomic E-state index is 11.0. The molecule has 0 bridgehead atoms. The summed E-state index contributed by atoms with van der Waals surface area (Å²) in [4.78, 5) is 15.1. The van der Waals surface area contributed by atoms with Crippen LogP contribution in [0.25, 0.3) is 0 Å². The van der Waals surface area contributed by atoms with Crippen LogP contribution in [-0.4, -0.2) is 30.6 Å². The molecule has 2 heterocycles. The van der Waals surface area contributed by atoms with Crippen molar-refractivity contribution in [2.24, 2.45) is 11.7 Å². The molecule has 1 amide bonds. The van der Waals surface area contributed by atoms with Crippen molar-refractivity contribution in [1.29, 1.82) is 0 Å². The molecule has 6 heteroatoms. The van der Waals surface area contributed by atoms with Gasteiger partial charge in [0.25, 0.3) is 0 Å². The maximum atomic E-state index is 11.0. The lowest BCUT2D eigenvalue weighted by molar-refractivity contribution is 0.0639. The predicted octanol–water partition coefficient (Wildman–Crippen LogP) is 2.88. The van der Waals surface area contributed by atoms with Gasteiger partial charge in [0.05, 0.1) is 5.56 Å². The van der Waals surface area contributed by atoms with Gasteiger partial charge in [-0.25, -0.2) is 4.98 Å². The Morgan fingerprint density at radius 3 is 2.62 bits per heavy atom. The molecule has 3 rings (SSSR count). The Morgan fingerprint density at radius 2 is 1.96 bits per heavy atom. The summed E-state index contributed by atoms with van der Waals surface area (Å²) < 4.78 is 11.1. The number of benzene rings is 1. The average Bonchev–Trinajstić information content (AvgIpc) is 2.68. The van der Waals surface area contributed by atoms with E-state index < -0.39 is 5.91 Å². The molecule has 3 N–H and O–H groups in total. The summed E-state index contributed by atoms with van der Waals surface area (Å²) in [5, 5.41) is 3.50. The SMILES string of the molecule is NC(=O)c1ccc(Oc2ccc(CNCCC3CCOCC3)cc2)nc1. The first-order valence-electron chi connectivity index (χ1n) is 9.02. The molecule has 0 saturated carbocycles. The molecule has 1 saturated heterocycles. The number of amides is 1. The number of nitrogens with one attached hydrogen (secondary N) is 1. The van der Waals surface area contributed by atoms with E-state index in [-0.39, 0.29) is 0 Å². The van der Waals surface area contributed by atoms with Gasteiger partial charge < -0.3 is 20.5 Å². The van der Waals surface area contributed by atoms with Gasteiger partial charge in [-0.05, 0) is 55.5 Å². The molecule has 26 heavy (non-hydrogen) atoms. The van der Waals surface area contributed by atoms with Gasteiger partial charge in [0, 0.05) is 32.0 Å². The van der Waals surface area contributed by atoms with Crippen molar-refractivity contribution < 1.29 is 14.3 Å². The highest BCUT2D eigenvalue weighted by atomic mass is 16.5. The molecule has 2 aromatic rings. The second-order valence-electron chi connectivity index (χ2n) is 6.52. The second-order valence-corrected chi connectivity index (χ2v) is 6.52. The third-order valence-electron chi connectivity index (χ3n) is 4.57. The fraction of sp³-hybridized carbons (Fsp3) is 0.400. The number of carbonyl (C=O) groups excluding carboxylic acids is 1. The Balaban J connectivity index is 1.42. The molecule has 0 unspecified atom stereocenters. The van der Waals surface area contributed by atoms with Crippen molar-refractivity contribution >= 4 is 5.91 Å². The smallest absolute Gasteiger partial charge is 0.250 e. The number of nitrogens with zero attached hydrogens (tertiary/aromatic N) is 1. The Hall–Kier alpha value is -2.44. The van der Waals surface area contributed by atoms with E-state index in [9.17, 15) is 4.79 Å². The second kappa shape index (κ2) is 9.31. The van der Waals surface area contributed by atoms with Gasteiger partial charge in [0.2, 0.25) is 11.8 Å². The number of nitrogens with two attached hydrogens (primary N) is 1. The Bertz CT molecular complexity index is 695. The summed E-state index contributed by atoms with van der Waals surface area (Å²) in [5.41, 5.74) is 6.76. The van der Waals surface area contributed by atoms with Crippen LogP contribution in [0.3, 0.4) is 0 Å². The molecular weight excluding hydrogens is 330 g/mol. The van der Waals surface area contributed by atoms with Gasteiger partial charge in [0.1, 0.15) is 5.75 Å². The molecule has 0 radical (unpaired) electrons. The zero-order valence-electron chi connectivity index (χ0n) is 14.8. The molecule has 0 spiro atoms. The van der Waals surface area contributed by atoms with Crippen LogP contribution in [0, 0.1) is 5.92 Å². The van der Waals surface area contributed by atoms with Crippen LogP contribution >= 0.6 is 0 Å². The summed E-state index contributed by atoms with van der Waals surface area (Å²) in [6.45, 7) is 3.69. The van der Waals surface area contributed by atoms with E-state index in [2.05, 4.69) is 10.3 Å². The zero-order valence-corrected chi connectivity index (χ0v) is 14.8. The highest BCUT2D eigenvalue weighted by Crippen LogP contribution is 2.20. The van der Waals surface area contributed by atoms with Crippen molar-refractivity contribution in [1.82, 2.24) is 10.3 Å². The molecule has 0 atom stereocenters. The van der Waals surface area contributed by atoms with E-state index in [1.165, 1.54) is 31.0 Å². The number of hydrogen-bond donors (Lipinski definition) is 2. The largest absolute Gasteiger partial charge is 0.439 e. The minimum Gasteiger partial charge on any atom is -0.439 e. The summed E-state index contributed by atoms with van der Waals surface area (Å²) in [5.74, 6) is 1.42. The monoisotopic (exact) mass is 355 g/mol. The molecule has 1 aromatic heterocycles. The molecule has 1 aliphatic heterocycles. The standard InChI is InChI=1S/C20H25N3O3/c21-20(24)17-3-6-19(23-14-17)26-18-4-1-16(2-5-18)13-22-10-7-15-8-11-25-12-9-15/h1-6,14-15,22H,7-13H2,(H2,21,24). The fourth-order valence-corrected chi connectivity index (χ4v) is 2.96. The zero-order chi connectivity index (χ0) is 18.2. The van der Waals surface area contributed by atoms with E-state index in [1.807, 2.05) is 24.3 Å². The minimum absolute atomic E-state index is 0.361. The van der Waals surface area contributed by atoms with E-state index in [1.54, 1.807) is 12.1 Å². The third-order valence-corrected chi connectivity index (χ3v) is 4.57. The molecule has 0 aliphatic carbocycles. The van der Waals surface area contributed by atoms with Crippen molar-refractivity contribution in [2.45, 2.75) is 25.8 Å². The highest BCUT2D eigenvalue weighted by Gasteiger charge is 2.12. The van der Waals surface area contributed by atoms with Gasteiger partial charge in [-0.2, -0.15) is 0 Å². The van der Waals surface area contributed by atoms with E-state index in [0.29, 0.717) is 17.2 Å². The molecule has 1 aromatic carbocycles. The van der Waals surface area contributed by atoms with Gasteiger partial charge >= 0.3 is 0 Å². The topological polar surface area (TPSA) is 86.5 Å². The Kier molecular flexibility index (Phi) is 6.57. The summed E-state index contributed by atoms with van der Waals surface area (Å²) in [6.07, 6.45) is 4.98. The van der Waals surface area contributed by atoms with Crippen LogP contribution in [0.4, 0.5) is 0 Å². The lowest BCUT2D eigenvalue weighted by Crippen LogP contribution is -2.22. The van der Waals surface area contributed by atoms with Crippen LogP contribution < -0.4 is 15.8 Å². The maximum Gasteiger partial charge on any atom is 0.250 e. The van der Waals surface area contributed by atoms with Gasteiger partial charge in [-0.15, -0.1) is 0 Å². The quantitative estimate of drug-likeness (QED) is 0.711. The molecule has 138 valence electrons. The van der Waals surface area contributed by atoms with Gasteiger partial charge in [-0.3, -0.25) is 4.79 Å². The highest BCUT2D eigenvalue weighted by molar-refractivity contribution is 5.92. The number of aromatic nitrogens is 1. The van der Waals surface area contributed by atoms with E-state index in [4.69, 9.17) is 15.2 Å². The van der Waals surface area contributed by atoms with Crippen LogP contribution in [0.5, 0.6) is 11.6 Å².